The molecule has 1 aromatic heterocycles. The fraction of sp³-hybridized carbons (Fsp3) is 0.348. The summed E-state index contributed by atoms with van der Waals surface area (Å²) in [6, 6.07) is 16.5. The Hall–Kier alpha value is -2.68. The van der Waals surface area contributed by atoms with Crippen molar-refractivity contribution in [1.82, 2.24) is 14.4 Å². The van der Waals surface area contributed by atoms with E-state index in [4.69, 9.17) is 5.21 Å². The van der Waals surface area contributed by atoms with Gasteiger partial charge in [0.15, 0.2) is 0 Å². The Kier molecular flexibility index (Phi) is 8.22. The van der Waals surface area contributed by atoms with Gasteiger partial charge in [0, 0.05) is 38.3 Å². The fourth-order valence-electron chi connectivity index (χ4n) is 3.66. The lowest BCUT2D eigenvalue weighted by Crippen LogP contribution is -2.22. The van der Waals surface area contributed by atoms with E-state index < -0.39 is 16.8 Å². The van der Waals surface area contributed by atoms with Crippen LogP contribution in [-0.4, -0.2) is 34.9 Å². The van der Waals surface area contributed by atoms with Crippen molar-refractivity contribution in [2.75, 3.05) is 6.54 Å². The van der Waals surface area contributed by atoms with E-state index in [0.717, 1.165) is 36.0 Å². The van der Waals surface area contributed by atoms with Crippen LogP contribution in [0.3, 0.4) is 0 Å². The molecule has 0 spiro atoms. The number of nitrogens with zero attached hydrogens (tertiary/aromatic N) is 2. The van der Waals surface area contributed by atoms with Gasteiger partial charge < -0.3 is 4.57 Å². The van der Waals surface area contributed by atoms with E-state index in [9.17, 15) is 13.2 Å². The van der Waals surface area contributed by atoms with Crippen molar-refractivity contribution in [1.29, 1.82) is 0 Å². The van der Waals surface area contributed by atoms with Crippen LogP contribution in [0.1, 0.15) is 37.7 Å². The first-order valence-electron chi connectivity index (χ1n) is 10.4. The number of hydrogen-bond donors (Lipinski definition) is 3. The van der Waals surface area contributed by atoms with Gasteiger partial charge in [0.25, 0.3) is 0 Å². The van der Waals surface area contributed by atoms with Crippen LogP contribution in [0.5, 0.6) is 0 Å². The Labute approximate surface area is 184 Å². The summed E-state index contributed by atoms with van der Waals surface area (Å²) in [6.07, 6.45) is 5.38. The third-order valence-electron chi connectivity index (χ3n) is 5.47. The minimum absolute atomic E-state index is 0.277. The average Bonchev–Trinajstić information content (AvgIpc) is 3.15. The zero-order chi connectivity index (χ0) is 22.2. The summed E-state index contributed by atoms with van der Waals surface area (Å²) in [5.41, 5.74) is 5.95. The van der Waals surface area contributed by atoms with E-state index in [-0.39, 0.29) is 6.42 Å². The molecule has 0 aliphatic heterocycles. The molecule has 31 heavy (non-hydrogen) atoms. The van der Waals surface area contributed by atoms with Crippen LogP contribution in [0, 0.1) is 0 Å². The summed E-state index contributed by atoms with van der Waals surface area (Å²) in [4.78, 5) is 11.0. The van der Waals surface area contributed by atoms with E-state index >= 15 is 0 Å². The number of rotatable bonds is 11. The molecule has 0 fully saturated rings. The largest absolute Gasteiger partial charge is 0.351 e. The molecule has 0 aliphatic rings. The molecule has 8 heteroatoms. The highest BCUT2D eigenvalue weighted by molar-refractivity contribution is 7.69. The van der Waals surface area contributed by atoms with Crippen molar-refractivity contribution >= 4 is 27.7 Å². The van der Waals surface area contributed by atoms with E-state index in [1.807, 2.05) is 37.5 Å². The summed E-state index contributed by atoms with van der Waals surface area (Å²) in [5.74, 6) is -0.392. The van der Waals surface area contributed by atoms with Gasteiger partial charge in [0.2, 0.25) is 16.8 Å². The van der Waals surface area contributed by atoms with E-state index in [1.54, 1.807) is 5.48 Å². The van der Waals surface area contributed by atoms with Gasteiger partial charge >= 0.3 is 0 Å². The topological polar surface area (TPSA) is 91.6 Å². The zero-order valence-electron chi connectivity index (χ0n) is 17.7. The van der Waals surface area contributed by atoms with Gasteiger partial charge in [-0.05, 0) is 47.1 Å². The number of thiol groups is 1. The van der Waals surface area contributed by atoms with Gasteiger partial charge in [-0.1, -0.05) is 49.2 Å². The molecule has 7 nitrogen and oxygen atoms in total. The van der Waals surface area contributed by atoms with Gasteiger partial charge in [-0.2, -0.15) is 4.31 Å². The maximum Gasteiger partial charge on any atom is 0.243 e. The van der Waals surface area contributed by atoms with Crippen LogP contribution in [0.15, 0.2) is 54.7 Å². The molecule has 0 saturated heterocycles. The van der Waals surface area contributed by atoms with Crippen LogP contribution in [0.25, 0.3) is 22.0 Å². The second kappa shape index (κ2) is 11.1. The molecule has 0 atom stereocenters. The third-order valence-corrected chi connectivity index (χ3v) is 6.27. The average molecular weight is 444 g/mol. The van der Waals surface area contributed by atoms with Gasteiger partial charge in [0.05, 0.1) is 0 Å². The van der Waals surface area contributed by atoms with Gasteiger partial charge in [-0.25, -0.2) is 13.9 Å². The molecule has 0 saturated carbocycles. The number of nitrogens with one attached hydrogen (secondary N) is 1. The monoisotopic (exact) mass is 443 g/mol. The van der Waals surface area contributed by atoms with Crippen LogP contribution < -0.4 is 5.48 Å². The minimum atomic E-state index is -2.66. The van der Waals surface area contributed by atoms with Crippen molar-refractivity contribution in [3.8, 4) is 11.1 Å². The Morgan fingerprint density at radius 1 is 1.00 bits per heavy atom. The summed E-state index contributed by atoms with van der Waals surface area (Å²) in [6.45, 7) is 0.805. The van der Waals surface area contributed by atoms with E-state index in [1.165, 1.54) is 15.2 Å². The molecule has 2 aromatic carbocycles. The highest BCUT2D eigenvalue weighted by Gasteiger charge is 2.09. The molecule has 0 unspecified atom stereocenters. The summed E-state index contributed by atoms with van der Waals surface area (Å²) < 4.78 is 26.9. The molecule has 3 aromatic rings. The predicted molar refractivity (Wildman–Crippen MR) is 122 cm³/mol. The lowest BCUT2D eigenvalue weighted by atomic mass is 10.0. The predicted octanol–water partition coefficient (Wildman–Crippen LogP) is 3.63. The smallest absolute Gasteiger partial charge is 0.243 e. The molecule has 1 amide bonds. The molecule has 3 rings (SSSR count). The first-order valence-corrected chi connectivity index (χ1v) is 11.6. The molecule has 0 radical (unpaired) electrons. The van der Waals surface area contributed by atoms with Crippen molar-refractivity contribution in [2.24, 2.45) is 7.05 Å². The number of amides is 1. The van der Waals surface area contributed by atoms with Crippen LogP contribution in [0.2, 0.25) is 0 Å². The Morgan fingerprint density at radius 2 is 1.71 bits per heavy atom. The van der Waals surface area contributed by atoms with Crippen molar-refractivity contribution in [3.05, 3.63) is 60.3 Å². The van der Waals surface area contributed by atoms with Crippen molar-refractivity contribution in [2.45, 2.75) is 38.6 Å². The maximum atomic E-state index is 11.7. The highest BCUT2D eigenvalue weighted by Crippen LogP contribution is 2.25. The summed E-state index contributed by atoms with van der Waals surface area (Å²) in [7, 11) is -0.634. The SMILES string of the molecule is Cn1ccc2ccc(-c3ccc(CN(CCCCCCC(=O)NO)[SH](=O)=O)cc3)cc21. The number of carbonyl (C=O) groups excluding carboxylic acids is 1. The maximum absolute atomic E-state index is 11.7. The normalized spacial score (nSPS) is 11.5. The zero-order valence-corrected chi connectivity index (χ0v) is 18.6. The van der Waals surface area contributed by atoms with Gasteiger partial charge in [-0.3, -0.25) is 10.0 Å². The molecular weight excluding hydrogens is 414 g/mol. The second-order valence-electron chi connectivity index (χ2n) is 7.72. The number of unbranched alkanes of at least 4 members (excludes halogenated alkanes) is 3. The summed E-state index contributed by atoms with van der Waals surface area (Å²) >= 11 is 0. The van der Waals surface area contributed by atoms with Gasteiger partial charge in [0.1, 0.15) is 0 Å². The standard InChI is InChI=1S/C23H29N3O4S/c1-25-15-13-20-11-12-21(16-22(20)25)19-9-7-18(8-10-19)17-26(31(29)30)14-5-3-2-4-6-23(27)24-28/h7-13,15-16,28,31H,2-6,14,17H2,1H3,(H,24,27). The second-order valence-corrected chi connectivity index (χ2v) is 8.76. The van der Waals surface area contributed by atoms with E-state index in [0.29, 0.717) is 19.5 Å². The summed E-state index contributed by atoms with van der Waals surface area (Å²) in [5, 5.41) is 9.67. The van der Waals surface area contributed by atoms with Crippen molar-refractivity contribution in [3.63, 3.8) is 0 Å². The first kappa shape index (κ1) is 23.0. The van der Waals surface area contributed by atoms with Gasteiger partial charge in [-0.15, -0.1) is 0 Å². The molecule has 0 bridgehead atoms. The quantitative estimate of drug-likeness (QED) is 0.183. The third kappa shape index (κ3) is 6.40. The van der Waals surface area contributed by atoms with Crippen LogP contribution >= 0.6 is 0 Å². The minimum Gasteiger partial charge on any atom is -0.351 e. The molecule has 1 heterocycles. The lowest BCUT2D eigenvalue weighted by molar-refractivity contribution is -0.129. The van der Waals surface area contributed by atoms with Crippen LogP contribution in [-0.2, 0) is 29.3 Å². The molecule has 166 valence electrons. The molecule has 0 aliphatic carbocycles. The number of aromatic nitrogens is 1. The number of hydrogen-bond acceptors (Lipinski definition) is 4. The van der Waals surface area contributed by atoms with Crippen LogP contribution in [0.4, 0.5) is 0 Å². The number of carbonyl (C=O) groups is 1. The number of hydroxylamine groups is 1. The molecular formula is C23H29N3O4S. The Balaban J connectivity index is 1.55. The number of benzene rings is 2. The Morgan fingerprint density at radius 3 is 2.42 bits per heavy atom. The number of fused-ring (bicyclic) bond motifs is 1. The van der Waals surface area contributed by atoms with Crippen molar-refractivity contribution < 1.29 is 18.4 Å². The molecule has 2 N–H and O–H groups in total. The first-order chi connectivity index (χ1) is 15.0. The Bertz CT molecular complexity index is 1080. The number of aryl methyl sites for hydroxylation is 1. The lowest BCUT2D eigenvalue weighted by Gasteiger charge is -2.15. The highest BCUT2D eigenvalue weighted by atomic mass is 32.2. The van der Waals surface area contributed by atoms with E-state index in [2.05, 4.69) is 28.8 Å². The fourth-order valence-corrected chi connectivity index (χ4v) is 4.25.